The molecule has 0 atom stereocenters. The van der Waals surface area contributed by atoms with Crippen molar-refractivity contribution >= 4 is 34.0 Å². The van der Waals surface area contributed by atoms with E-state index >= 15 is 0 Å². The molecular formula is C14H7Cl2FN2O. The average molecular weight is 309 g/mol. The number of nitrogens with zero attached hydrogens (tertiary/aromatic N) is 2. The molecule has 0 aliphatic heterocycles. The third-order valence-electron chi connectivity index (χ3n) is 2.71. The molecule has 3 nitrogen and oxygen atoms in total. The van der Waals surface area contributed by atoms with E-state index in [4.69, 9.17) is 27.9 Å². The third-order valence-corrected chi connectivity index (χ3v) is 3.28. The van der Waals surface area contributed by atoms with E-state index in [1.807, 2.05) is 24.3 Å². The minimum absolute atomic E-state index is 0.0197. The van der Waals surface area contributed by atoms with Crippen molar-refractivity contribution < 1.29 is 9.13 Å². The Morgan fingerprint density at radius 3 is 2.45 bits per heavy atom. The zero-order chi connectivity index (χ0) is 14.1. The summed E-state index contributed by atoms with van der Waals surface area (Å²) in [5.41, 5.74) is 0. The Bertz CT molecular complexity index is 795. The van der Waals surface area contributed by atoms with Crippen molar-refractivity contribution in [2.75, 3.05) is 0 Å². The molecule has 0 amide bonds. The molecule has 100 valence electrons. The molecule has 0 saturated heterocycles. The summed E-state index contributed by atoms with van der Waals surface area (Å²) in [6.45, 7) is 0. The molecule has 0 fully saturated rings. The van der Waals surface area contributed by atoms with Crippen LogP contribution in [0.3, 0.4) is 0 Å². The largest absolute Gasteiger partial charge is 0.437 e. The maximum atomic E-state index is 13.1. The number of hydrogen-bond donors (Lipinski definition) is 0. The number of hydrogen-bond acceptors (Lipinski definition) is 3. The fourth-order valence-corrected chi connectivity index (χ4v) is 2.15. The lowest BCUT2D eigenvalue weighted by Gasteiger charge is -2.08. The Morgan fingerprint density at radius 2 is 1.70 bits per heavy atom. The number of fused-ring (bicyclic) bond motifs is 1. The Morgan fingerprint density at radius 1 is 0.950 bits per heavy atom. The van der Waals surface area contributed by atoms with Gasteiger partial charge in [0.25, 0.3) is 0 Å². The van der Waals surface area contributed by atoms with Crippen LogP contribution in [0.15, 0.2) is 42.5 Å². The van der Waals surface area contributed by atoms with Crippen molar-refractivity contribution in [3.8, 4) is 11.6 Å². The molecule has 0 spiro atoms. The lowest BCUT2D eigenvalue weighted by molar-refractivity contribution is 0.460. The summed E-state index contributed by atoms with van der Waals surface area (Å²) < 4.78 is 18.7. The average Bonchev–Trinajstić information content (AvgIpc) is 2.46. The van der Waals surface area contributed by atoms with E-state index in [0.717, 1.165) is 5.39 Å². The fraction of sp³-hybridized carbons (Fsp3) is 0. The minimum Gasteiger partial charge on any atom is -0.437 e. The quantitative estimate of drug-likeness (QED) is 0.677. The highest BCUT2D eigenvalue weighted by molar-refractivity contribution is 6.34. The zero-order valence-corrected chi connectivity index (χ0v) is 11.5. The Hall–Kier alpha value is -1.91. The summed E-state index contributed by atoms with van der Waals surface area (Å²) in [5.74, 6) is 0.150. The van der Waals surface area contributed by atoms with Gasteiger partial charge in [-0.15, -0.1) is 10.2 Å². The summed E-state index contributed by atoms with van der Waals surface area (Å²) in [5, 5.41) is 9.46. The van der Waals surface area contributed by atoms with Crippen LogP contribution in [0.1, 0.15) is 0 Å². The first-order chi connectivity index (χ1) is 9.65. The Kier molecular flexibility index (Phi) is 3.42. The van der Waals surface area contributed by atoms with Crippen molar-refractivity contribution in [3.05, 3.63) is 58.5 Å². The van der Waals surface area contributed by atoms with E-state index < -0.39 is 5.82 Å². The Balaban J connectivity index is 2.06. The van der Waals surface area contributed by atoms with Crippen LogP contribution in [0.5, 0.6) is 11.6 Å². The highest BCUT2D eigenvalue weighted by Crippen LogP contribution is 2.31. The van der Waals surface area contributed by atoms with Crippen molar-refractivity contribution in [2.24, 2.45) is 0 Å². The molecule has 0 N–H and O–H groups in total. The lowest BCUT2D eigenvalue weighted by Crippen LogP contribution is -1.93. The fourth-order valence-electron chi connectivity index (χ4n) is 1.77. The van der Waals surface area contributed by atoms with Crippen molar-refractivity contribution in [2.45, 2.75) is 0 Å². The van der Waals surface area contributed by atoms with E-state index in [2.05, 4.69) is 10.2 Å². The third kappa shape index (κ3) is 2.40. The number of rotatable bonds is 2. The summed E-state index contributed by atoms with van der Waals surface area (Å²) in [4.78, 5) is 0. The van der Waals surface area contributed by atoms with E-state index in [9.17, 15) is 4.39 Å². The zero-order valence-electron chi connectivity index (χ0n) is 9.98. The summed E-state index contributed by atoms with van der Waals surface area (Å²) in [6.07, 6.45) is 0. The predicted octanol–water partition coefficient (Wildman–Crippen LogP) is 4.87. The van der Waals surface area contributed by atoms with E-state index in [1.54, 1.807) is 0 Å². The molecule has 6 heteroatoms. The van der Waals surface area contributed by atoms with Crippen LogP contribution in [0.4, 0.5) is 4.39 Å². The van der Waals surface area contributed by atoms with Gasteiger partial charge in [0.05, 0.1) is 5.02 Å². The van der Waals surface area contributed by atoms with Crippen LogP contribution < -0.4 is 4.74 Å². The molecule has 0 radical (unpaired) electrons. The number of ether oxygens (including phenoxy) is 1. The number of halogens is 3. The second kappa shape index (κ2) is 5.23. The summed E-state index contributed by atoms with van der Waals surface area (Å²) >= 11 is 11.7. The molecular weight excluding hydrogens is 302 g/mol. The normalized spacial score (nSPS) is 10.8. The van der Waals surface area contributed by atoms with Gasteiger partial charge in [0.15, 0.2) is 5.15 Å². The van der Waals surface area contributed by atoms with Gasteiger partial charge in [-0.1, -0.05) is 41.4 Å². The first-order valence-electron chi connectivity index (χ1n) is 5.69. The van der Waals surface area contributed by atoms with Gasteiger partial charge in [0.2, 0.25) is 5.88 Å². The van der Waals surface area contributed by atoms with Crippen LogP contribution in [0, 0.1) is 5.82 Å². The first kappa shape index (κ1) is 13.1. The van der Waals surface area contributed by atoms with Crippen LogP contribution in [0.2, 0.25) is 10.2 Å². The van der Waals surface area contributed by atoms with E-state index in [-0.39, 0.29) is 10.9 Å². The molecule has 20 heavy (non-hydrogen) atoms. The van der Waals surface area contributed by atoms with Crippen LogP contribution in [-0.4, -0.2) is 10.2 Å². The molecule has 0 saturated carbocycles. The topological polar surface area (TPSA) is 35.0 Å². The van der Waals surface area contributed by atoms with Crippen LogP contribution >= 0.6 is 23.2 Å². The smallest absolute Gasteiger partial charge is 0.246 e. The molecule has 1 heterocycles. The number of benzene rings is 2. The van der Waals surface area contributed by atoms with Crippen molar-refractivity contribution in [3.63, 3.8) is 0 Å². The van der Waals surface area contributed by atoms with Gasteiger partial charge in [-0.05, 0) is 18.2 Å². The monoisotopic (exact) mass is 308 g/mol. The van der Waals surface area contributed by atoms with Crippen LogP contribution in [0.25, 0.3) is 10.8 Å². The second-order valence-corrected chi connectivity index (χ2v) is 4.78. The van der Waals surface area contributed by atoms with Gasteiger partial charge >= 0.3 is 0 Å². The van der Waals surface area contributed by atoms with Gasteiger partial charge in [0, 0.05) is 16.8 Å². The van der Waals surface area contributed by atoms with E-state index in [0.29, 0.717) is 16.3 Å². The van der Waals surface area contributed by atoms with Gasteiger partial charge in [-0.25, -0.2) is 4.39 Å². The molecule has 2 aromatic carbocycles. The first-order valence-corrected chi connectivity index (χ1v) is 6.44. The molecule has 0 aliphatic carbocycles. The summed E-state index contributed by atoms with van der Waals surface area (Å²) in [6, 6.07) is 11.4. The molecule has 0 bridgehead atoms. The van der Waals surface area contributed by atoms with Gasteiger partial charge < -0.3 is 4.74 Å². The molecule has 3 aromatic rings. The lowest BCUT2D eigenvalue weighted by atomic mass is 10.2. The van der Waals surface area contributed by atoms with E-state index in [1.165, 1.54) is 18.2 Å². The predicted molar refractivity (Wildman–Crippen MR) is 76.0 cm³/mol. The Labute approximate surface area is 123 Å². The van der Waals surface area contributed by atoms with Gasteiger partial charge in [0.1, 0.15) is 11.6 Å². The standard InChI is InChI=1S/C14H7Cl2FN2O/c15-11-7-8(5-6-12(11)17)20-14-10-4-2-1-3-9(10)13(16)18-19-14/h1-7H. The molecule has 1 aromatic heterocycles. The molecule has 0 aliphatic rings. The molecule has 0 unspecified atom stereocenters. The van der Waals surface area contributed by atoms with Crippen molar-refractivity contribution in [1.82, 2.24) is 10.2 Å². The van der Waals surface area contributed by atoms with Gasteiger partial charge in [-0.3, -0.25) is 0 Å². The number of aromatic nitrogens is 2. The molecule has 3 rings (SSSR count). The summed E-state index contributed by atoms with van der Waals surface area (Å²) in [7, 11) is 0. The van der Waals surface area contributed by atoms with Gasteiger partial charge in [-0.2, -0.15) is 0 Å². The maximum Gasteiger partial charge on any atom is 0.246 e. The highest BCUT2D eigenvalue weighted by atomic mass is 35.5. The van der Waals surface area contributed by atoms with Crippen molar-refractivity contribution in [1.29, 1.82) is 0 Å². The minimum atomic E-state index is -0.508. The highest BCUT2D eigenvalue weighted by Gasteiger charge is 2.10. The maximum absolute atomic E-state index is 13.1. The SMILES string of the molecule is Fc1ccc(Oc2nnc(Cl)c3ccccc23)cc1Cl. The van der Waals surface area contributed by atoms with Crippen LogP contribution in [-0.2, 0) is 0 Å². The second-order valence-electron chi connectivity index (χ2n) is 4.02.